The van der Waals surface area contributed by atoms with Crippen molar-refractivity contribution in [2.45, 2.75) is 26.3 Å². The number of aryl methyl sites for hydroxylation is 1. The Balaban J connectivity index is 1.45. The van der Waals surface area contributed by atoms with Gasteiger partial charge in [0.15, 0.2) is 0 Å². The molecule has 1 aliphatic heterocycles. The molecule has 0 bridgehead atoms. The predicted octanol–water partition coefficient (Wildman–Crippen LogP) is 5.10. The first-order chi connectivity index (χ1) is 13.6. The zero-order chi connectivity index (χ0) is 19.8. The number of benzene rings is 2. The summed E-state index contributed by atoms with van der Waals surface area (Å²) in [5, 5.41) is 3.07. The van der Waals surface area contributed by atoms with E-state index in [4.69, 9.17) is 4.74 Å². The Morgan fingerprint density at radius 2 is 2.04 bits per heavy atom. The van der Waals surface area contributed by atoms with Gasteiger partial charge in [-0.25, -0.2) is 0 Å². The molecule has 1 amide bonds. The van der Waals surface area contributed by atoms with Gasteiger partial charge in [-0.2, -0.15) is 11.8 Å². The fourth-order valence-electron chi connectivity index (χ4n) is 3.11. The Morgan fingerprint density at radius 3 is 2.82 bits per heavy atom. The molecule has 1 saturated heterocycles. The van der Waals surface area contributed by atoms with Crippen LogP contribution in [0.4, 0.5) is 5.69 Å². The number of anilines is 1. The van der Waals surface area contributed by atoms with Crippen LogP contribution in [-0.4, -0.2) is 42.0 Å². The van der Waals surface area contributed by atoms with Crippen molar-refractivity contribution in [1.82, 2.24) is 4.90 Å². The number of rotatable bonds is 8. The lowest BCUT2D eigenvalue weighted by molar-refractivity contribution is -0.116. The van der Waals surface area contributed by atoms with Gasteiger partial charge in [0.05, 0.1) is 6.61 Å². The largest absolute Gasteiger partial charge is 0.494 e. The van der Waals surface area contributed by atoms with Crippen LogP contribution in [-0.2, 0) is 11.3 Å². The van der Waals surface area contributed by atoms with Crippen LogP contribution in [0.3, 0.4) is 0 Å². The zero-order valence-electron chi connectivity index (χ0n) is 16.2. The summed E-state index contributed by atoms with van der Waals surface area (Å²) in [5.74, 6) is 3.26. The molecule has 2 aromatic carbocycles. The second-order valence-corrected chi connectivity index (χ2v) is 9.14. The maximum absolute atomic E-state index is 12.3. The van der Waals surface area contributed by atoms with Gasteiger partial charge in [-0.1, -0.05) is 34.1 Å². The summed E-state index contributed by atoms with van der Waals surface area (Å²) in [6, 6.07) is 14.1. The first-order valence-corrected chi connectivity index (χ1v) is 11.6. The van der Waals surface area contributed by atoms with Crippen molar-refractivity contribution in [3.05, 3.63) is 58.1 Å². The molecule has 0 aliphatic carbocycles. The molecular formula is C22H27BrN2O2S. The predicted molar refractivity (Wildman–Crippen MR) is 121 cm³/mol. The van der Waals surface area contributed by atoms with Crippen LogP contribution in [0.2, 0.25) is 0 Å². The van der Waals surface area contributed by atoms with Gasteiger partial charge in [0, 0.05) is 47.7 Å². The SMILES string of the molecule is Cc1ccc(CN2CCSCC2)cc1NC(=O)CCCOc1cccc(Br)c1. The molecule has 150 valence electrons. The summed E-state index contributed by atoms with van der Waals surface area (Å²) in [7, 11) is 0. The lowest BCUT2D eigenvalue weighted by Crippen LogP contribution is -2.32. The number of nitrogens with zero attached hydrogens (tertiary/aromatic N) is 1. The Labute approximate surface area is 180 Å². The van der Waals surface area contributed by atoms with E-state index in [2.05, 4.69) is 44.3 Å². The van der Waals surface area contributed by atoms with E-state index >= 15 is 0 Å². The zero-order valence-corrected chi connectivity index (χ0v) is 18.7. The molecule has 6 heteroatoms. The van der Waals surface area contributed by atoms with Crippen LogP contribution in [0.15, 0.2) is 46.9 Å². The fraction of sp³-hybridized carbons (Fsp3) is 0.409. The molecule has 0 unspecified atom stereocenters. The number of nitrogens with one attached hydrogen (secondary N) is 1. The van der Waals surface area contributed by atoms with Gasteiger partial charge in [0.1, 0.15) is 5.75 Å². The number of halogens is 1. The molecule has 2 aromatic rings. The number of carbonyl (C=O) groups excluding carboxylic acids is 1. The molecule has 1 heterocycles. The lowest BCUT2D eigenvalue weighted by atomic mass is 10.1. The highest BCUT2D eigenvalue weighted by atomic mass is 79.9. The molecular weight excluding hydrogens is 436 g/mol. The van der Waals surface area contributed by atoms with E-state index in [1.807, 2.05) is 43.0 Å². The molecule has 1 N–H and O–H groups in total. The molecule has 1 fully saturated rings. The van der Waals surface area contributed by atoms with E-state index in [1.165, 1.54) is 17.1 Å². The fourth-order valence-corrected chi connectivity index (χ4v) is 4.47. The third kappa shape index (κ3) is 6.83. The average Bonchev–Trinajstić information content (AvgIpc) is 2.69. The maximum Gasteiger partial charge on any atom is 0.224 e. The number of carbonyl (C=O) groups is 1. The second kappa shape index (κ2) is 10.9. The van der Waals surface area contributed by atoms with Crippen LogP contribution in [0.1, 0.15) is 24.0 Å². The van der Waals surface area contributed by atoms with Crippen LogP contribution >= 0.6 is 27.7 Å². The minimum absolute atomic E-state index is 0.0347. The highest BCUT2D eigenvalue weighted by Crippen LogP contribution is 2.21. The number of amides is 1. The van der Waals surface area contributed by atoms with E-state index in [1.54, 1.807) is 0 Å². The van der Waals surface area contributed by atoms with Gasteiger partial charge in [0.25, 0.3) is 0 Å². The monoisotopic (exact) mass is 462 g/mol. The van der Waals surface area contributed by atoms with Crippen LogP contribution in [0.5, 0.6) is 5.75 Å². The summed E-state index contributed by atoms with van der Waals surface area (Å²) >= 11 is 5.45. The molecule has 0 atom stereocenters. The van der Waals surface area contributed by atoms with Gasteiger partial charge < -0.3 is 10.1 Å². The van der Waals surface area contributed by atoms with E-state index in [-0.39, 0.29) is 5.91 Å². The molecule has 0 radical (unpaired) electrons. The highest BCUT2D eigenvalue weighted by molar-refractivity contribution is 9.10. The molecule has 1 aliphatic rings. The highest BCUT2D eigenvalue weighted by Gasteiger charge is 2.12. The van der Waals surface area contributed by atoms with Crippen LogP contribution < -0.4 is 10.1 Å². The van der Waals surface area contributed by atoms with Crippen molar-refractivity contribution < 1.29 is 9.53 Å². The Kier molecular flexibility index (Phi) is 8.25. The first-order valence-electron chi connectivity index (χ1n) is 9.68. The van der Waals surface area contributed by atoms with Crippen molar-refractivity contribution in [2.24, 2.45) is 0 Å². The summed E-state index contributed by atoms with van der Waals surface area (Å²) in [4.78, 5) is 14.8. The third-order valence-corrected chi connectivity index (χ3v) is 6.13. The minimum atomic E-state index is 0.0347. The van der Waals surface area contributed by atoms with Crippen molar-refractivity contribution >= 4 is 39.3 Å². The first kappa shape index (κ1) is 21.2. The summed E-state index contributed by atoms with van der Waals surface area (Å²) < 4.78 is 6.69. The molecule has 28 heavy (non-hydrogen) atoms. The van der Waals surface area contributed by atoms with Gasteiger partial charge in [-0.15, -0.1) is 0 Å². The number of hydrogen-bond donors (Lipinski definition) is 1. The summed E-state index contributed by atoms with van der Waals surface area (Å²) in [6.45, 7) is 5.78. The number of thioether (sulfide) groups is 1. The van der Waals surface area contributed by atoms with Crippen molar-refractivity contribution in [1.29, 1.82) is 0 Å². The summed E-state index contributed by atoms with van der Waals surface area (Å²) in [5.41, 5.74) is 3.27. The van der Waals surface area contributed by atoms with Crippen molar-refractivity contribution in [3.63, 3.8) is 0 Å². The molecule has 3 rings (SSSR count). The topological polar surface area (TPSA) is 41.6 Å². The normalized spacial score (nSPS) is 14.6. The average molecular weight is 463 g/mol. The van der Waals surface area contributed by atoms with Crippen molar-refractivity contribution in [3.8, 4) is 5.75 Å². The van der Waals surface area contributed by atoms with Crippen molar-refractivity contribution in [2.75, 3.05) is 36.5 Å². The molecule has 4 nitrogen and oxygen atoms in total. The van der Waals surface area contributed by atoms with Crippen LogP contribution in [0.25, 0.3) is 0 Å². The number of ether oxygens (including phenoxy) is 1. The van der Waals surface area contributed by atoms with Gasteiger partial charge >= 0.3 is 0 Å². The molecule has 0 saturated carbocycles. The van der Waals surface area contributed by atoms with E-state index < -0.39 is 0 Å². The standard InChI is InChI=1S/C22H27BrN2O2S/c1-17-7-8-18(16-25-9-12-28-13-10-25)14-21(17)24-22(26)6-3-11-27-20-5-2-4-19(23)15-20/h2,4-5,7-8,14-15H,3,6,9-13,16H2,1H3,(H,24,26). The van der Waals surface area contributed by atoms with E-state index in [0.29, 0.717) is 19.4 Å². The molecule has 0 spiro atoms. The maximum atomic E-state index is 12.3. The number of hydrogen-bond acceptors (Lipinski definition) is 4. The Bertz CT molecular complexity index is 794. The Morgan fingerprint density at radius 1 is 1.21 bits per heavy atom. The smallest absolute Gasteiger partial charge is 0.224 e. The quantitative estimate of drug-likeness (QED) is 0.553. The Hall–Kier alpha value is -1.50. The lowest BCUT2D eigenvalue weighted by Gasteiger charge is -2.26. The van der Waals surface area contributed by atoms with Gasteiger partial charge in [-0.05, 0) is 48.7 Å². The van der Waals surface area contributed by atoms with Crippen LogP contribution in [0, 0.1) is 6.92 Å². The molecule has 0 aromatic heterocycles. The second-order valence-electron chi connectivity index (χ2n) is 7.00. The van der Waals surface area contributed by atoms with E-state index in [0.717, 1.165) is 41.1 Å². The summed E-state index contributed by atoms with van der Waals surface area (Å²) in [6.07, 6.45) is 1.13. The van der Waals surface area contributed by atoms with Gasteiger partial charge in [-0.3, -0.25) is 9.69 Å². The van der Waals surface area contributed by atoms with Gasteiger partial charge in [0.2, 0.25) is 5.91 Å². The third-order valence-electron chi connectivity index (χ3n) is 4.70. The van der Waals surface area contributed by atoms with E-state index in [9.17, 15) is 4.79 Å². The minimum Gasteiger partial charge on any atom is -0.494 e.